The zero-order valence-corrected chi connectivity index (χ0v) is 9.99. The highest BCUT2D eigenvalue weighted by Crippen LogP contribution is 2.40. The van der Waals surface area contributed by atoms with E-state index >= 15 is 0 Å². The van der Waals surface area contributed by atoms with Crippen LogP contribution in [-0.2, 0) is 4.74 Å². The van der Waals surface area contributed by atoms with Gasteiger partial charge in [0.1, 0.15) is 0 Å². The minimum absolute atomic E-state index is 0.624. The number of rotatable bonds is 2. The van der Waals surface area contributed by atoms with Crippen LogP contribution >= 0.6 is 0 Å². The lowest BCUT2D eigenvalue weighted by atomic mass is 9.77. The van der Waals surface area contributed by atoms with Crippen molar-refractivity contribution >= 4 is 0 Å². The Morgan fingerprint density at radius 3 is 2.19 bits per heavy atom. The Morgan fingerprint density at radius 2 is 1.62 bits per heavy atom. The van der Waals surface area contributed by atoms with Crippen molar-refractivity contribution in [1.82, 2.24) is 0 Å². The molecule has 1 heterocycles. The summed E-state index contributed by atoms with van der Waals surface area (Å²) >= 11 is 0. The molecule has 86 valence electrons. The zero-order chi connectivity index (χ0) is 11.0. The van der Waals surface area contributed by atoms with Gasteiger partial charge in [0.2, 0.25) is 0 Å². The summed E-state index contributed by atoms with van der Waals surface area (Å²) in [5, 5.41) is 0. The van der Waals surface area contributed by atoms with Crippen LogP contribution in [0.25, 0.3) is 0 Å². The highest BCUT2D eigenvalue weighted by Gasteiger charge is 2.35. The molecule has 0 bridgehead atoms. The van der Waals surface area contributed by atoms with Crippen molar-refractivity contribution in [3.8, 4) is 0 Å². The molecule has 0 spiro atoms. The van der Waals surface area contributed by atoms with E-state index in [0.717, 1.165) is 18.4 Å². The van der Waals surface area contributed by atoms with Crippen molar-refractivity contribution in [3.05, 3.63) is 35.4 Å². The first-order chi connectivity index (χ1) is 7.83. The molecule has 3 rings (SSSR count). The number of epoxide rings is 1. The molecule has 1 nitrogen and oxygen atoms in total. The largest absolute Gasteiger partial charge is 0.373 e. The predicted octanol–water partition coefficient (Wildman–Crippen LogP) is 3.67. The molecule has 0 radical (unpaired) electrons. The van der Waals surface area contributed by atoms with E-state index in [4.69, 9.17) is 4.74 Å². The lowest BCUT2D eigenvalue weighted by molar-refractivity contribution is 0.251. The maximum absolute atomic E-state index is 5.40. The first-order valence-electron chi connectivity index (χ1n) is 6.51. The van der Waals surface area contributed by atoms with Crippen LogP contribution in [0, 0.1) is 12.8 Å². The summed E-state index contributed by atoms with van der Waals surface area (Å²) < 4.78 is 5.40. The molecule has 1 atom stereocenters. The highest BCUT2D eigenvalue weighted by atomic mass is 16.6. The zero-order valence-electron chi connectivity index (χ0n) is 9.99. The van der Waals surface area contributed by atoms with Gasteiger partial charge in [-0.25, -0.2) is 0 Å². The standard InChI is InChI=1S/C15H20O/c1-11-2-4-12(5-3-11)13-6-8-14(9-7-13)15-10-16-15/h2-5,13-15H,6-10H2,1H3. The summed E-state index contributed by atoms with van der Waals surface area (Å²) in [5.74, 6) is 1.66. The van der Waals surface area contributed by atoms with Crippen LogP contribution < -0.4 is 0 Å². The minimum atomic E-state index is 0.624. The van der Waals surface area contributed by atoms with Crippen LogP contribution in [0.4, 0.5) is 0 Å². The first kappa shape index (κ1) is 10.3. The summed E-state index contributed by atoms with van der Waals surface area (Å²) in [6, 6.07) is 9.11. The average Bonchev–Trinajstić information content (AvgIpc) is 3.14. The molecular weight excluding hydrogens is 196 g/mol. The smallest absolute Gasteiger partial charge is 0.0838 e. The molecule has 1 saturated carbocycles. The summed E-state index contributed by atoms with van der Waals surface area (Å²) in [5.41, 5.74) is 2.91. The SMILES string of the molecule is Cc1ccc(C2CCC(C3CO3)CC2)cc1. The van der Waals surface area contributed by atoms with Crippen molar-refractivity contribution in [2.45, 2.75) is 44.6 Å². The van der Waals surface area contributed by atoms with E-state index in [1.807, 2.05) is 0 Å². The minimum Gasteiger partial charge on any atom is -0.373 e. The van der Waals surface area contributed by atoms with Crippen LogP contribution in [0.3, 0.4) is 0 Å². The molecule has 1 aromatic carbocycles. The van der Waals surface area contributed by atoms with Crippen LogP contribution in [0.5, 0.6) is 0 Å². The molecule has 16 heavy (non-hydrogen) atoms. The van der Waals surface area contributed by atoms with E-state index in [9.17, 15) is 0 Å². The second kappa shape index (κ2) is 4.21. The Morgan fingerprint density at radius 1 is 1.00 bits per heavy atom. The topological polar surface area (TPSA) is 12.5 Å². The quantitative estimate of drug-likeness (QED) is 0.687. The molecule has 1 heteroatoms. The van der Waals surface area contributed by atoms with Gasteiger partial charge in [-0.05, 0) is 50.0 Å². The van der Waals surface area contributed by atoms with Gasteiger partial charge >= 0.3 is 0 Å². The van der Waals surface area contributed by atoms with E-state index in [0.29, 0.717) is 6.10 Å². The molecule has 0 aromatic heterocycles. The second-order valence-corrected chi connectivity index (χ2v) is 5.39. The Balaban J connectivity index is 1.62. The second-order valence-electron chi connectivity index (χ2n) is 5.39. The molecule has 1 aromatic rings. The molecule has 1 aliphatic heterocycles. The van der Waals surface area contributed by atoms with E-state index < -0.39 is 0 Å². The Labute approximate surface area is 97.8 Å². The molecule has 0 N–H and O–H groups in total. The average molecular weight is 216 g/mol. The van der Waals surface area contributed by atoms with E-state index in [1.165, 1.54) is 31.2 Å². The highest BCUT2D eigenvalue weighted by molar-refractivity contribution is 5.24. The van der Waals surface area contributed by atoms with Crippen LogP contribution in [0.15, 0.2) is 24.3 Å². The first-order valence-corrected chi connectivity index (χ1v) is 6.51. The fourth-order valence-corrected chi connectivity index (χ4v) is 2.99. The van der Waals surface area contributed by atoms with Crippen molar-refractivity contribution in [1.29, 1.82) is 0 Å². The summed E-state index contributed by atoms with van der Waals surface area (Å²) in [4.78, 5) is 0. The molecule has 0 amide bonds. The maximum atomic E-state index is 5.40. The number of ether oxygens (including phenoxy) is 1. The lowest BCUT2D eigenvalue weighted by Gasteiger charge is -2.27. The Kier molecular flexibility index (Phi) is 2.72. The van der Waals surface area contributed by atoms with Crippen molar-refractivity contribution < 1.29 is 4.74 Å². The van der Waals surface area contributed by atoms with Gasteiger partial charge in [-0.3, -0.25) is 0 Å². The van der Waals surface area contributed by atoms with Crippen molar-refractivity contribution in [2.75, 3.05) is 6.61 Å². The van der Waals surface area contributed by atoms with Crippen LogP contribution in [-0.4, -0.2) is 12.7 Å². The molecule has 1 unspecified atom stereocenters. The predicted molar refractivity (Wildman–Crippen MR) is 65.6 cm³/mol. The fourth-order valence-electron chi connectivity index (χ4n) is 2.99. The molecular formula is C15H20O. The maximum Gasteiger partial charge on any atom is 0.0838 e. The Bertz CT molecular complexity index is 342. The van der Waals surface area contributed by atoms with Crippen LogP contribution in [0.2, 0.25) is 0 Å². The van der Waals surface area contributed by atoms with Crippen molar-refractivity contribution in [2.24, 2.45) is 5.92 Å². The third kappa shape index (κ3) is 2.15. The van der Waals surface area contributed by atoms with Gasteiger partial charge < -0.3 is 4.74 Å². The summed E-state index contributed by atoms with van der Waals surface area (Å²) in [6.45, 7) is 3.19. The summed E-state index contributed by atoms with van der Waals surface area (Å²) in [7, 11) is 0. The van der Waals surface area contributed by atoms with Gasteiger partial charge in [0.05, 0.1) is 12.7 Å². The van der Waals surface area contributed by atoms with Crippen molar-refractivity contribution in [3.63, 3.8) is 0 Å². The van der Waals surface area contributed by atoms with Gasteiger partial charge in [-0.15, -0.1) is 0 Å². The van der Waals surface area contributed by atoms with Gasteiger partial charge in [0.25, 0.3) is 0 Å². The molecule has 1 saturated heterocycles. The van der Waals surface area contributed by atoms with Gasteiger partial charge in [0, 0.05) is 0 Å². The van der Waals surface area contributed by atoms with Gasteiger partial charge in [0.15, 0.2) is 0 Å². The number of hydrogen-bond donors (Lipinski definition) is 0. The monoisotopic (exact) mass is 216 g/mol. The van der Waals surface area contributed by atoms with Crippen LogP contribution in [0.1, 0.15) is 42.7 Å². The third-order valence-electron chi connectivity index (χ3n) is 4.21. The lowest BCUT2D eigenvalue weighted by Crippen LogP contribution is -2.17. The van der Waals surface area contributed by atoms with Gasteiger partial charge in [-0.1, -0.05) is 29.8 Å². The molecule has 1 aliphatic carbocycles. The third-order valence-corrected chi connectivity index (χ3v) is 4.21. The van der Waals surface area contributed by atoms with E-state index in [-0.39, 0.29) is 0 Å². The van der Waals surface area contributed by atoms with E-state index in [1.54, 1.807) is 5.56 Å². The summed E-state index contributed by atoms with van der Waals surface area (Å²) in [6.07, 6.45) is 6.06. The number of benzene rings is 1. The van der Waals surface area contributed by atoms with E-state index in [2.05, 4.69) is 31.2 Å². The molecule has 2 fully saturated rings. The van der Waals surface area contributed by atoms with Gasteiger partial charge in [-0.2, -0.15) is 0 Å². The molecule has 2 aliphatic rings. The fraction of sp³-hybridized carbons (Fsp3) is 0.600. The normalized spacial score (nSPS) is 33.7. The number of aryl methyl sites for hydroxylation is 1. The Hall–Kier alpha value is -0.820. The number of hydrogen-bond acceptors (Lipinski definition) is 1.